The first-order chi connectivity index (χ1) is 15.2. The van der Waals surface area contributed by atoms with Gasteiger partial charge in [-0.05, 0) is 56.0 Å². The average Bonchev–Trinajstić information content (AvgIpc) is 3.23. The predicted octanol–water partition coefficient (Wildman–Crippen LogP) is 3.73. The number of piperidine rings is 1. The molecule has 31 heavy (non-hydrogen) atoms. The SMILES string of the molecule is Cc1cnc(CNC(=O)c2ccc(OC3CCN(CCc4ccccc4)CC3)cc2)[nH]1. The summed E-state index contributed by atoms with van der Waals surface area (Å²) < 4.78 is 6.16. The van der Waals surface area contributed by atoms with Crippen LogP contribution in [0.3, 0.4) is 0 Å². The van der Waals surface area contributed by atoms with Crippen LogP contribution in [0.5, 0.6) is 5.75 Å². The van der Waals surface area contributed by atoms with Crippen molar-refractivity contribution in [1.82, 2.24) is 20.2 Å². The number of ether oxygens (including phenoxy) is 1. The van der Waals surface area contributed by atoms with Crippen molar-refractivity contribution in [2.24, 2.45) is 0 Å². The molecule has 2 N–H and O–H groups in total. The quantitative estimate of drug-likeness (QED) is 0.585. The average molecular weight is 419 g/mol. The Balaban J connectivity index is 1.19. The van der Waals surface area contributed by atoms with E-state index in [0.717, 1.165) is 56.2 Å². The molecule has 1 fully saturated rings. The van der Waals surface area contributed by atoms with Crippen LogP contribution in [-0.2, 0) is 13.0 Å². The van der Waals surface area contributed by atoms with E-state index in [-0.39, 0.29) is 12.0 Å². The minimum atomic E-state index is -0.118. The summed E-state index contributed by atoms with van der Waals surface area (Å²) in [5.41, 5.74) is 2.99. The topological polar surface area (TPSA) is 70.2 Å². The molecule has 1 saturated heterocycles. The van der Waals surface area contributed by atoms with Crippen LogP contribution in [0.1, 0.15) is 40.3 Å². The highest BCUT2D eigenvalue weighted by atomic mass is 16.5. The summed E-state index contributed by atoms with van der Waals surface area (Å²) >= 11 is 0. The molecule has 1 amide bonds. The summed E-state index contributed by atoms with van der Waals surface area (Å²) in [5.74, 6) is 1.45. The first kappa shape index (κ1) is 21.1. The van der Waals surface area contributed by atoms with E-state index >= 15 is 0 Å². The second kappa shape index (κ2) is 10.3. The van der Waals surface area contributed by atoms with E-state index in [9.17, 15) is 4.79 Å². The van der Waals surface area contributed by atoms with E-state index in [1.165, 1.54) is 5.56 Å². The number of aromatic amines is 1. The minimum absolute atomic E-state index is 0.118. The van der Waals surface area contributed by atoms with Crippen molar-refractivity contribution in [2.45, 2.75) is 38.8 Å². The van der Waals surface area contributed by atoms with E-state index < -0.39 is 0 Å². The fourth-order valence-corrected chi connectivity index (χ4v) is 3.88. The predicted molar refractivity (Wildman–Crippen MR) is 121 cm³/mol. The molecule has 0 atom stereocenters. The van der Waals surface area contributed by atoms with E-state index in [1.807, 2.05) is 31.2 Å². The molecule has 1 aliphatic heterocycles. The number of hydrogen-bond acceptors (Lipinski definition) is 4. The summed E-state index contributed by atoms with van der Waals surface area (Å²) in [6.45, 7) is 5.53. The molecule has 0 radical (unpaired) electrons. The standard InChI is InChI=1S/C25H30N4O2/c1-19-17-26-24(28-19)18-27-25(30)21-7-9-22(10-8-21)31-23-12-15-29(16-13-23)14-11-20-5-3-2-4-6-20/h2-10,17,23H,11-16,18H2,1H3,(H,26,28)(H,27,30). The lowest BCUT2D eigenvalue weighted by atomic mass is 10.1. The molecule has 1 aromatic heterocycles. The van der Waals surface area contributed by atoms with E-state index in [1.54, 1.807) is 6.20 Å². The third-order valence-electron chi connectivity index (χ3n) is 5.69. The summed E-state index contributed by atoms with van der Waals surface area (Å²) in [4.78, 5) is 22.1. The Hall–Kier alpha value is -3.12. The van der Waals surface area contributed by atoms with Crippen LogP contribution >= 0.6 is 0 Å². The highest BCUT2D eigenvalue weighted by Crippen LogP contribution is 2.20. The third-order valence-corrected chi connectivity index (χ3v) is 5.69. The van der Waals surface area contributed by atoms with Gasteiger partial charge in [-0.3, -0.25) is 4.79 Å². The van der Waals surface area contributed by atoms with Gasteiger partial charge in [0, 0.05) is 37.1 Å². The Bertz CT molecular complexity index is 961. The van der Waals surface area contributed by atoms with Crippen molar-refractivity contribution in [3.05, 3.63) is 83.4 Å². The van der Waals surface area contributed by atoms with Gasteiger partial charge in [-0.25, -0.2) is 4.98 Å². The van der Waals surface area contributed by atoms with Crippen molar-refractivity contribution in [1.29, 1.82) is 0 Å². The summed E-state index contributed by atoms with van der Waals surface area (Å²) in [6, 6.07) is 18.0. The lowest BCUT2D eigenvalue weighted by Gasteiger charge is -2.32. The van der Waals surface area contributed by atoms with Gasteiger partial charge in [0.15, 0.2) is 0 Å². The van der Waals surface area contributed by atoms with E-state index in [0.29, 0.717) is 12.1 Å². The van der Waals surface area contributed by atoms with Crippen molar-refractivity contribution >= 4 is 5.91 Å². The molecule has 1 aliphatic rings. The van der Waals surface area contributed by atoms with Crippen LogP contribution in [0.2, 0.25) is 0 Å². The molecule has 162 valence electrons. The molecule has 0 aliphatic carbocycles. The van der Waals surface area contributed by atoms with Gasteiger partial charge in [0.25, 0.3) is 5.91 Å². The summed E-state index contributed by atoms with van der Waals surface area (Å²) in [7, 11) is 0. The Morgan fingerprint density at radius 3 is 2.55 bits per heavy atom. The molecule has 2 heterocycles. The maximum absolute atomic E-state index is 12.3. The van der Waals surface area contributed by atoms with Gasteiger partial charge in [0.1, 0.15) is 17.7 Å². The number of nitrogens with zero attached hydrogens (tertiary/aromatic N) is 2. The summed E-state index contributed by atoms with van der Waals surface area (Å²) in [6.07, 6.45) is 5.13. The fourth-order valence-electron chi connectivity index (χ4n) is 3.88. The minimum Gasteiger partial charge on any atom is -0.490 e. The van der Waals surface area contributed by atoms with E-state index in [4.69, 9.17) is 4.74 Å². The number of aryl methyl sites for hydroxylation is 1. The molecule has 0 saturated carbocycles. The molecule has 4 rings (SSSR count). The van der Waals surface area contributed by atoms with Gasteiger partial charge in [-0.15, -0.1) is 0 Å². The highest BCUT2D eigenvalue weighted by molar-refractivity contribution is 5.94. The zero-order chi connectivity index (χ0) is 21.5. The monoisotopic (exact) mass is 418 g/mol. The van der Waals surface area contributed by atoms with Gasteiger partial charge < -0.3 is 19.9 Å². The molecule has 0 bridgehead atoms. The fraction of sp³-hybridized carbons (Fsp3) is 0.360. The van der Waals surface area contributed by atoms with Gasteiger partial charge >= 0.3 is 0 Å². The van der Waals surface area contributed by atoms with Crippen LogP contribution in [0.25, 0.3) is 0 Å². The number of aromatic nitrogens is 2. The lowest BCUT2D eigenvalue weighted by molar-refractivity contribution is 0.0949. The van der Waals surface area contributed by atoms with Crippen molar-refractivity contribution < 1.29 is 9.53 Å². The van der Waals surface area contributed by atoms with Crippen LogP contribution in [-0.4, -0.2) is 46.5 Å². The van der Waals surface area contributed by atoms with Gasteiger partial charge in [-0.1, -0.05) is 30.3 Å². The Morgan fingerprint density at radius 2 is 1.87 bits per heavy atom. The smallest absolute Gasteiger partial charge is 0.251 e. The number of rotatable bonds is 8. The number of imidazole rings is 1. The van der Waals surface area contributed by atoms with Crippen LogP contribution < -0.4 is 10.1 Å². The zero-order valence-corrected chi connectivity index (χ0v) is 18.0. The number of amides is 1. The maximum atomic E-state index is 12.3. The molecular weight excluding hydrogens is 388 g/mol. The Morgan fingerprint density at radius 1 is 1.13 bits per heavy atom. The largest absolute Gasteiger partial charge is 0.490 e. The number of H-pyrrole nitrogens is 1. The number of carbonyl (C=O) groups excluding carboxylic acids is 1. The lowest BCUT2D eigenvalue weighted by Crippen LogP contribution is -2.39. The normalized spacial score (nSPS) is 15.0. The van der Waals surface area contributed by atoms with Crippen molar-refractivity contribution in [3.63, 3.8) is 0 Å². The van der Waals surface area contributed by atoms with Crippen molar-refractivity contribution in [3.8, 4) is 5.75 Å². The Kier molecular flexibility index (Phi) is 6.99. The molecule has 0 spiro atoms. The van der Waals surface area contributed by atoms with Crippen LogP contribution in [0.4, 0.5) is 0 Å². The number of hydrogen-bond donors (Lipinski definition) is 2. The molecule has 6 heteroatoms. The van der Waals surface area contributed by atoms with Gasteiger partial charge in [0.05, 0.1) is 6.54 Å². The Labute approximate surface area is 183 Å². The summed E-state index contributed by atoms with van der Waals surface area (Å²) in [5, 5.41) is 2.88. The van der Waals surface area contributed by atoms with Crippen molar-refractivity contribution in [2.75, 3.05) is 19.6 Å². The van der Waals surface area contributed by atoms with Gasteiger partial charge in [-0.2, -0.15) is 0 Å². The molecule has 0 unspecified atom stereocenters. The second-order valence-corrected chi connectivity index (χ2v) is 8.11. The first-order valence-corrected chi connectivity index (χ1v) is 11.0. The second-order valence-electron chi connectivity index (χ2n) is 8.11. The zero-order valence-electron chi connectivity index (χ0n) is 18.0. The maximum Gasteiger partial charge on any atom is 0.251 e. The molecular formula is C25H30N4O2. The number of carbonyl (C=O) groups is 1. The first-order valence-electron chi connectivity index (χ1n) is 11.0. The highest BCUT2D eigenvalue weighted by Gasteiger charge is 2.20. The molecule has 2 aromatic carbocycles. The molecule has 6 nitrogen and oxygen atoms in total. The number of nitrogens with one attached hydrogen (secondary N) is 2. The van der Waals surface area contributed by atoms with Crippen LogP contribution in [0.15, 0.2) is 60.8 Å². The number of likely N-dealkylation sites (tertiary alicyclic amines) is 1. The third kappa shape index (κ3) is 6.18. The van der Waals surface area contributed by atoms with Crippen LogP contribution in [0, 0.1) is 6.92 Å². The number of benzene rings is 2. The van der Waals surface area contributed by atoms with E-state index in [2.05, 4.69) is 50.5 Å². The molecule has 3 aromatic rings. The van der Waals surface area contributed by atoms with Gasteiger partial charge in [0.2, 0.25) is 0 Å².